The summed E-state index contributed by atoms with van der Waals surface area (Å²) in [5.74, 6) is 0. The van der Waals surface area contributed by atoms with Crippen molar-refractivity contribution in [3.05, 3.63) is 6.26 Å². The molecule has 0 aliphatic carbocycles. The maximum Gasteiger partial charge on any atom is 0.209 e. The molecule has 0 N–H and O–H groups in total. The molecule has 0 amide bonds. The fourth-order valence-electron chi connectivity index (χ4n) is 0.748. The van der Waals surface area contributed by atoms with E-state index in [-0.39, 0.29) is 0 Å². The van der Waals surface area contributed by atoms with Crippen LogP contribution in [0.5, 0.6) is 0 Å². The largest absolute Gasteiger partial charge is 0.220 e. The molecule has 0 atom stereocenters. The van der Waals surface area contributed by atoms with E-state index >= 15 is 0 Å². The van der Waals surface area contributed by atoms with Crippen LogP contribution < -0.4 is 0 Å². The highest BCUT2D eigenvalue weighted by Gasteiger charge is 2.01. The Morgan fingerprint density at radius 2 is 2.45 bits per heavy atom. The van der Waals surface area contributed by atoms with E-state index in [1.165, 1.54) is 11.8 Å². The van der Waals surface area contributed by atoms with Crippen LogP contribution in [0, 0.1) is 6.26 Å². The number of unbranched alkanes of at least 4 members (excludes halogenated alkanes) is 1. The molecule has 0 saturated heterocycles. The number of aryl methyl sites for hydroxylation is 1. The van der Waals surface area contributed by atoms with Crippen molar-refractivity contribution in [1.82, 2.24) is 20.2 Å². The van der Waals surface area contributed by atoms with Crippen LogP contribution in [-0.2, 0) is 6.54 Å². The zero-order valence-corrected chi connectivity index (χ0v) is 7.34. The molecular formula is C6H11N4S. The molecular weight excluding hydrogens is 160 g/mol. The molecule has 1 heterocycles. The molecule has 0 unspecified atom stereocenters. The molecule has 11 heavy (non-hydrogen) atoms. The first kappa shape index (κ1) is 8.52. The van der Waals surface area contributed by atoms with Crippen molar-refractivity contribution in [3.8, 4) is 0 Å². The Morgan fingerprint density at radius 1 is 1.64 bits per heavy atom. The molecule has 0 aliphatic heterocycles. The van der Waals surface area contributed by atoms with E-state index in [9.17, 15) is 0 Å². The fraction of sp³-hybridized carbons (Fsp3) is 0.667. The molecule has 0 fully saturated rings. The third kappa shape index (κ3) is 2.18. The van der Waals surface area contributed by atoms with Gasteiger partial charge in [-0.3, -0.25) is 0 Å². The molecule has 1 aromatic rings. The van der Waals surface area contributed by atoms with E-state index in [4.69, 9.17) is 0 Å². The van der Waals surface area contributed by atoms with Gasteiger partial charge in [-0.25, -0.2) is 4.68 Å². The Morgan fingerprint density at radius 3 is 3.09 bits per heavy atom. The topological polar surface area (TPSA) is 43.6 Å². The minimum absolute atomic E-state index is 0.790. The summed E-state index contributed by atoms with van der Waals surface area (Å²) in [7, 11) is 0. The predicted octanol–water partition coefficient (Wildman–Crippen LogP) is 1.36. The molecule has 1 radical (unpaired) electrons. The number of aromatic nitrogens is 4. The van der Waals surface area contributed by atoms with E-state index in [0.29, 0.717) is 0 Å². The van der Waals surface area contributed by atoms with Gasteiger partial charge in [-0.2, -0.15) is 0 Å². The van der Waals surface area contributed by atoms with Crippen LogP contribution >= 0.6 is 11.8 Å². The van der Waals surface area contributed by atoms with Crippen LogP contribution in [0.15, 0.2) is 5.16 Å². The summed E-state index contributed by atoms with van der Waals surface area (Å²) < 4.78 is 1.78. The number of tetrazole rings is 1. The molecule has 0 aromatic carbocycles. The SMILES string of the molecule is [CH2]Sc1nnnn1CCCC. The summed E-state index contributed by atoms with van der Waals surface area (Å²) >= 11 is 1.33. The Bertz CT molecular complexity index is 210. The highest BCUT2D eigenvalue weighted by Crippen LogP contribution is 2.10. The van der Waals surface area contributed by atoms with Crippen LogP contribution in [-0.4, -0.2) is 20.2 Å². The van der Waals surface area contributed by atoms with Gasteiger partial charge in [0.25, 0.3) is 0 Å². The lowest BCUT2D eigenvalue weighted by Crippen LogP contribution is -2.01. The summed E-state index contributed by atoms with van der Waals surface area (Å²) in [6, 6.07) is 0. The lowest BCUT2D eigenvalue weighted by Gasteiger charge is -1.98. The quantitative estimate of drug-likeness (QED) is 0.641. The lowest BCUT2D eigenvalue weighted by molar-refractivity contribution is 0.518. The van der Waals surface area contributed by atoms with Gasteiger partial charge in [0.2, 0.25) is 5.16 Å². The van der Waals surface area contributed by atoms with Crippen LogP contribution in [0.1, 0.15) is 19.8 Å². The average molecular weight is 171 g/mol. The molecule has 0 saturated carbocycles. The first-order valence-electron chi connectivity index (χ1n) is 3.56. The average Bonchev–Trinajstić information content (AvgIpc) is 2.47. The van der Waals surface area contributed by atoms with Crippen molar-refractivity contribution < 1.29 is 0 Å². The van der Waals surface area contributed by atoms with Gasteiger partial charge in [-0.15, -0.1) is 5.10 Å². The molecule has 4 nitrogen and oxygen atoms in total. The van der Waals surface area contributed by atoms with Crippen molar-refractivity contribution in [2.45, 2.75) is 31.5 Å². The maximum absolute atomic E-state index is 3.82. The second kappa shape index (κ2) is 4.33. The first-order chi connectivity index (χ1) is 5.38. The van der Waals surface area contributed by atoms with E-state index in [1.54, 1.807) is 4.68 Å². The number of nitrogens with zero attached hydrogens (tertiary/aromatic N) is 4. The van der Waals surface area contributed by atoms with Crippen molar-refractivity contribution in [1.29, 1.82) is 0 Å². The molecule has 1 aromatic heterocycles. The Balaban J connectivity index is 2.54. The normalized spacial score (nSPS) is 10.4. The molecule has 61 valence electrons. The number of thioether (sulfide) groups is 1. The monoisotopic (exact) mass is 171 g/mol. The zero-order chi connectivity index (χ0) is 8.10. The summed E-state index contributed by atoms with van der Waals surface area (Å²) in [6.45, 7) is 3.03. The minimum atomic E-state index is 0.790. The molecule has 5 heteroatoms. The third-order valence-corrected chi connectivity index (χ3v) is 1.90. The smallest absolute Gasteiger partial charge is 0.209 e. The summed E-state index contributed by atoms with van der Waals surface area (Å²) in [5, 5.41) is 11.9. The maximum atomic E-state index is 3.82. The molecule has 0 spiro atoms. The summed E-state index contributed by atoms with van der Waals surface area (Å²) in [5.41, 5.74) is 0. The van der Waals surface area contributed by atoms with E-state index in [1.807, 2.05) is 0 Å². The standard InChI is InChI=1S/C6H11N4S/c1-3-4-5-10-6(11-2)7-8-9-10/h2-5H2,1H3. The van der Waals surface area contributed by atoms with Crippen molar-refractivity contribution in [2.24, 2.45) is 0 Å². The van der Waals surface area contributed by atoms with Crippen LogP contribution in [0.3, 0.4) is 0 Å². The first-order valence-corrected chi connectivity index (χ1v) is 4.55. The van der Waals surface area contributed by atoms with Gasteiger partial charge in [-0.1, -0.05) is 25.1 Å². The van der Waals surface area contributed by atoms with E-state index < -0.39 is 0 Å². The van der Waals surface area contributed by atoms with Gasteiger partial charge in [0.15, 0.2) is 0 Å². The number of rotatable bonds is 4. The van der Waals surface area contributed by atoms with Gasteiger partial charge >= 0.3 is 0 Å². The Hall–Kier alpha value is -0.580. The van der Waals surface area contributed by atoms with Crippen LogP contribution in [0.4, 0.5) is 0 Å². The van der Waals surface area contributed by atoms with Gasteiger partial charge in [0, 0.05) is 12.8 Å². The highest BCUT2D eigenvalue weighted by molar-refractivity contribution is 8.00. The van der Waals surface area contributed by atoms with Crippen LogP contribution in [0.2, 0.25) is 0 Å². The van der Waals surface area contributed by atoms with Crippen molar-refractivity contribution in [3.63, 3.8) is 0 Å². The highest BCUT2D eigenvalue weighted by atomic mass is 32.2. The lowest BCUT2D eigenvalue weighted by atomic mass is 10.3. The summed E-state index contributed by atoms with van der Waals surface area (Å²) in [4.78, 5) is 0. The number of hydrogen-bond donors (Lipinski definition) is 0. The van der Waals surface area contributed by atoms with Crippen molar-refractivity contribution >= 4 is 11.8 Å². The van der Waals surface area contributed by atoms with Crippen molar-refractivity contribution in [2.75, 3.05) is 0 Å². The molecule has 0 bridgehead atoms. The molecule has 1 rings (SSSR count). The third-order valence-electron chi connectivity index (χ3n) is 1.35. The molecule has 0 aliphatic rings. The van der Waals surface area contributed by atoms with Crippen LogP contribution in [0.25, 0.3) is 0 Å². The second-order valence-electron chi connectivity index (χ2n) is 2.18. The van der Waals surface area contributed by atoms with E-state index in [0.717, 1.165) is 24.5 Å². The Labute approximate surface area is 70.4 Å². The minimum Gasteiger partial charge on any atom is -0.220 e. The zero-order valence-electron chi connectivity index (χ0n) is 6.53. The summed E-state index contributed by atoms with van der Waals surface area (Å²) in [6.07, 6.45) is 5.91. The van der Waals surface area contributed by atoms with Gasteiger partial charge in [0.1, 0.15) is 0 Å². The van der Waals surface area contributed by atoms with Gasteiger partial charge < -0.3 is 0 Å². The van der Waals surface area contributed by atoms with Gasteiger partial charge in [-0.05, 0) is 16.8 Å². The predicted molar refractivity (Wildman–Crippen MR) is 43.9 cm³/mol. The second-order valence-corrected chi connectivity index (χ2v) is 2.84. The number of hydrogen-bond acceptors (Lipinski definition) is 4. The Kier molecular flexibility index (Phi) is 3.35. The van der Waals surface area contributed by atoms with Gasteiger partial charge in [0.05, 0.1) is 0 Å². The fourth-order valence-corrected chi connectivity index (χ4v) is 1.12. The van der Waals surface area contributed by atoms with E-state index in [2.05, 4.69) is 28.7 Å².